The molecule has 1 aromatic heterocycles. The monoisotopic (exact) mass is 234 g/mol. The van der Waals surface area contributed by atoms with Crippen molar-refractivity contribution in [2.45, 2.75) is 38.6 Å². The molecular formula is C13H18N2O2. The van der Waals surface area contributed by atoms with E-state index in [-0.39, 0.29) is 0 Å². The van der Waals surface area contributed by atoms with Gasteiger partial charge in [0.2, 0.25) is 0 Å². The number of aromatic nitrogens is 1. The van der Waals surface area contributed by atoms with Crippen LogP contribution in [0.1, 0.15) is 31.0 Å². The van der Waals surface area contributed by atoms with Gasteiger partial charge in [-0.15, -0.1) is 0 Å². The van der Waals surface area contributed by atoms with Crippen molar-refractivity contribution >= 4 is 11.8 Å². The van der Waals surface area contributed by atoms with Crippen LogP contribution in [0.3, 0.4) is 0 Å². The molecule has 1 unspecified atom stereocenters. The summed E-state index contributed by atoms with van der Waals surface area (Å²) in [6.07, 6.45) is 4.52. The summed E-state index contributed by atoms with van der Waals surface area (Å²) >= 11 is 0. The average Bonchev–Trinajstić information content (AvgIpc) is 2.36. The van der Waals surface area contributed by atoms with E-state index < -0.39 is 12.0 Å². The Labute approximate surface area is 101 Å². The van der Waals surface area contributed by atoms with Crippen LogP contribution in [0, 0.1) is 0 Å². The zero-order chi connectivity index (χ0) is 12.4. The number of hydrogen-bond acceptors (Lipinski definition) is 3. The number of carboxylic acid groups (broad SMARTS) is 1. The number of pyridine rings is 1. The summed E-state index contributed by atoms with van der Waals surface area (Å²) in [5.74, 6) is -0.0763. The number of nitrogens with zero attached hydrogens (tertiary/aromatic N) is 2. The highest BCUT2D eigenvalue weighted by Gasteiger charge is 2.19. The normalized spacial score (nSPS) is 16.1. The van der Waals surface area contributed by atoms with Gasteiger partial charge in [0.15, 0.2) is 0 Å². The Hall–Kier alpha value is -1.58. The van der Waals surface area contributed by atoms with E-state index in [1.165, 1.54) is 18.4 Å². The van der Waals surface area contributed by atoms with Gasteiger partial charge < -0.3 is 10.0 Å². The van der Waals surface area contributed by atoms with Crippen LogP contribution in [0.2, 0.25) is 0 Å². The topological polar surface area (TPSA) is 53.4 Å². The van der Waals surface area contributed by atoms with Crippen molar-refractivity contribution in [3.8, 4) is 0 Å². The second kappa shape index (κ2) is 4.73. The van der Waals surface area contributed by atoms with Crippen LogP contribution in [0.15, 0.2) is 12.1 Å². The summed E-state index contributed by atoms with van der Waals surface area (Å²) in [7, 11) is 1.77. The summed E-state index contributed by atoms with van der Waals surface area (Å²) in [6.45, 7) is 1.67. The molecule has 1 heterocycles. The first-order chi connectivity index (χ1) is 8.09. The number of anilines is 1. The van der Waals surface area contributed by atoms with Crippen LogP contribution in [0.4, 0.5) is 5.82 Å². The zero-order valence-electron chi connectivity index (χ0n) is 10.3. The number of likely N-dealkylation sites (N-methyl/N-ethyl adjacent to an activating group) is 1. The SMILES string of the molecule is CC(C(=O)O)N(C)c1ccc2c(n1)CCCC2. The average molecular weight is 234 g/mol. The van der Waals surface area contributed by atoms with Gasteiger partial charge in [-0.3, -0.25) is 0 Å². The Morgan fingerprint density at radius 2 is 2.12 bits per heavy atom. The Morgan fingerprint density at radius 3 is 2.82 bits per heavy atom. The Balaban J connectivity index is 2.24. The van der Waals surface area contributed by atoms with Gasteiger partial charge in [0, 0.05) is 12.7 Å². The minimum Gasteiger partial charge on any atom is -0.480 e. The molecule has 0 radical (unpaired) electrons. The first kappa shape index (κ1) is 11.9. The molecule has 0 saturated heterocycles. The molecule has 4 heteroatoms. The van der Waals surface area contributed by atoms with Crippen molar-refractivity contribution in [2.75, 3.05) is 11.9 Å². The summed E-state index contributed by atoms with van der Waals surface area (Å²) in [6, 6.07) is 3.45. The molecule has 1 aliphatic carbocycles. The molecule has 4 nitrogen and oxygen atoms in total. The van der Waals surface area contributed by atoms with E-state index in [2.05, 4.69) is 11.1 Å². The van der Waals surface area contributed by atoms with Crippen LogP contribution >= 0.6 is 0 Å². The second-order valence-electron chi connectivity index (χ2n) is 4.61. The standard InChI is InChI=1S/C13H18N2O2/c1-9(13(16)17)15(2)12-8-7-10-5-3-4-6-11(10)14-12/h7-9H,3-6H2,1-2H3,(H,16,17). The van der Waals surface area contributed by atoms with Gasteiger partial charge in [-0.1, -0.05) is 6.07 Å². The highest BCUT2D eigenvalue weighted by atomic mass is 16.4. The van der Waals surface area contributed by atoms with Gasteiger partial charge in [0.25, 0.3) is 0 Å². The molecule has 0 aromatic carbocycles. The summed E-state index contributed by atoms with van der Waals surface area (Å²) in [4.78, 5) is 17.2. The number of aliphatic carboxylic acids is 1. The maximum atomic E-state index is 10.9. The minimum absolute atomic E-state index is 0.552. The number of fused-ring (bicyclic) bond motifs is 1. The number of rotatable bonds is 3. The molecule has 0 bridgehead atoms. The maximum absolute atomic E-state index is 10.9. The van der Waals surface area contributed by atoms with E-state index in [4.69, 9.17) is 5.11 Å². The van der Waals surface area contributed by atoms with Crippen molar-refractivity contribution in [1.82, 2.24) is 4.98 Å². The van der Waals surface area contributed by atoms with Crippen molar-refractivity contribution < 1.29 is 9.90 Å². The van der Waals surface area contributed by atoms with Crippen LogP contribution in [-0.4, -0.2) is 29.1 Å². The number of carbonyl (C=O) groups is 1. The van der Waals surface area contributed by atoms with E-state index in [1.807, 2.05) is 6.07 Å². The van der Waals surface area contributed by atoms with E-state index >= 15 is 0 Å². The van der Waals surface area contributed by atoms with Crippen molar-refractivity contribution in [1.29, 1.82) is 0 Å². The van der Waals surface area contributed by atoms with Crippen LogP contribution in [0.25, 0.3) is 0 Å². The molecule has 92 valence electrons. The molecule has 1 aromatic rings. The smallest absolute Gasteiger partial charge is 0.326 e. The van der Waals surface area contributed by atoms with Gasteiger partial charge in [-0.05, 0) is 44.2 Å². The van der Waals surface area contributed by atoms with Crippen molar-refractivity contribution in [2.24, 2.45) is 0 Å². The van der Waals surface area contributed by atoms with E-state index in [1.54, 1.807) is 18.9 Å². The second-order valence-corrected chi connectivity index (χ2v) is 4.61. The lowest BCUT2D eigenvalue weighted by molar-refractivity contribution is -0.138. The molecule has 17 heavy (non-hydrogen) atoms. The first-order valence-electron chi connectivity index (χ1n) is 6.04. The van der Waals surface area contributed by atoms with E-state index in [9.17, 15) is 4.79 Å². The van der Waals surface area contributed by atoms with Crippen LogP contribution < -0.4 is 4.90 Å². The first-order valence-corrected chi connectivity index (χ1v) is 6.04. The highest BCUT2D eigenvalue weighted by molar-refractivity contribution is 5.77. The van der Waals surface area contributed by atoms with Gasteiger partial charge in [-0.2, -0.15) is 0 Å². The van der Waals surface area contributed by atoms with Crippen LogP contribution in [-0.2, 0) is 17.6 Å². The van der Waals surface area contributed by atoms with E-state index in [0.717, 1.165) is 24.4 Å². The van der Waals surface area contributed by atoms with Crippen molar-refractivity contribution in [3.63, 3.8) is 0 Å². The molecule has 1 atom stereocenters. The Kier molecular flexibility index (Phi) is 3.31. The summed E-state index contributed by atoms with van der Waals surface area (Å²) < 4.78 is 0. The predicted octanol–water partition coefficient (Wildman–Crippen LogP) is 1.87. The van der Waals surface area contributed by atoms with E-state index in [0.29, 0.717) is 0 Å². The fraction of sp³-hybridized carbons (Fsp3) is 0.538. The molecular weight excluding hydrogens is 216 g/mol. The van der Waals surface area contributed by atoms with Gasteiger partial charge >= 0.3 is 5.97 Å². The fourth-order valence-electron chi connectivity index (χ4n) is 2.13. The number of hydrogen-bond donors (Lipinski definition) is 1. The molecule has 1 aliphatic rings. The quantitative estimate of drug-likeness (QED) is 0.867. The van der Waals surface area contributed by atoms with Gasteiger partial charge in [0.05, 0.1) is 0 Å². The summed E-state index contributed by atoms with van der Waals surface area (Å²) in [5.41, 5.74) is 2.45. The maximum Gasteiger partial charge on any atom is 0.326 e. The molecule has 0 saturated carbocycles. The zero-order valence-corrected chi connectivity index (χ0v) is 10.3. The van der Waals surface area contributed by atoms with Crippen molar-refractivity contribution in [3.05, 3.63) is 23.4 Å². The van der Waals surface area contributed by atoms with Crippen LogP contribution in [0.5, 0.6) is 0 Å². The molecule has 0 fully saturated rings. The highest BCUT2D eigenvalue weighted by Crippen LogP contribution is 2.23. The molecule has 0 aliphatic heterocycles. The predicted molar refractivity (Wildman–Crippen MR) is 66.4 cm³/mol. The minimum atomic E-state index is -0.827. The number of carboxylic acids is 1. The number of aryl methyl sites for hydroxylation is 2. The lowest BCUT2D eigenvalue weighted by Crippen LogP contribution is -2.36. The Bertz CT molecular complexity index is 431. The third-order valence-corrected chi connectivity index (χ3v) is 3.46. The fourth-order valence-corrected chi connectivity index (χ4v) is 2.13. The Morgan fingerprint density at radius 1 is 1.41 bits per heavy atom. The largest absolute Gasteiger partial charge is 0.480 e. The van der Waals surface area contributed by atoms with Gasteiger partial charge in [-0.25, -0.2) is 9.78 Å². The summed E-state index contributed by atoms with van der Waals surface area (Å²) in [5, 5.41) is 8.98. The third kappa shape index (κ3) is 2.40. The molecule has 1 N–H and O–H groups in total. The van der Waals surface area contributed by atoms with Gasteiger partial charge in [0.1, 0.15) is 11.9 Å². The lowest BCUT2D eigenvalue weighted by Gasteiger charge is -2.24. The third-order valence-electron chi connectivity index (χ3n) is 3.46. The molecule has 0 amide bonds. The lowest BCUT2D eigenvalue weighted by atomic mass is 9.96. The molecule has 0 spiro atoms. The molecule has 2 rings (SSSR count).